The number of esters is 1. The van der Waals surface area contributed by atoms with Crippen LogP contribution in [0.2, 0.25) is 0 Å². The van der Waals surface area contributed by atoms with Crippen LogP contribution in [0.5, 0.6) is 0 Å². The molecular weight excluding hydrogens is 400 g/mol. The van der Waals surface area contributed by atoms with Crippen molar-refractivity contribution in [3.63, 3.8) is 0 Å². The Labute approximate surface area is 168 Å². The van der Waals surface area contributed by atoms with Crippen molar-refractivity contribution in [2.24, 2.45) is 5.92 Å². The van der Waals surface area contributed by atoms with Gasteiger partial charge in [0.05, 0.1) is 23.2 Å². The molecule has 0 aliphatic carbocycles. The van der Waals surface area contributed by atoms with Crippen molar-refractivity contribution in [3.8, 4) is 0 Å². The lowest BCUT2D eigenvalue weighted by molar-refractivity contribution is 0.0602. The molecule has 28 heavy (non-hydrogen) atoms. The van der Waals surface area contributed by atoms with Crippen LogP contribution in [0.15, 0.2) is 40.6 Å². The molecule has 3 rings (SSSR count). The van der Waals surface area contributed by atoms with E-state index in [1.54, 1.807) is 24.3 Å². The molecule has 0 atom stereocenters. The molecule has 1 aliphatic heterocycles. The lowest BCUT2D eigenvalue weighted by Gasteiger charge is -2.28. The van der Waals surface area contributed by atoms with Gasteiger partial charge < -0.3 is 10.1 Å². The molecule has 0 spiro atoms. The van der Waals surface area contributed by atoms with Gasteiger partial charge in [-0.25, -0.2) is 13.2 Å². The Hall–Kier alpha value is -2.23. The summed E-state index contributed by atoms with van der Waals surface area (Å²) in [6.45, 7) is 3.11. The molecule has 1 amide bonds. The Morgan fingerprint density at radius 3 is 2.50 bits per heavy atom. The minimum Gasteiger partial charge on any atom is -0.465 e. The highest BCUT2D eigenvalue weighted by Crippen LogP contribution is 2.29. The van der Waals surface area contributed by atoms with Gasteiger partial charge in [0.2, 0.25) is 0 Å². The summed E-state index contributed by atoms with van der Waals surface area (Å²) >= 11 is 0.924. The Bertz CT molecular complexity index is 976. The number of carbonyl (C=O) groups is 2. The fourth-order valence-electron chi connectivity index (χ4n) is 3.00. The lowest BCUT2D eigenvalue weighted by Crippen LogP contribution is -2.37. The normalized spacial score (nSPS) is 15.9. The molecule has 1 aromatic heterocycles. The summed E-state index contributed by atoms with van der Waals surface area (Å²) in [5.74, 6) is -0.522. The standard InChI is InChI=1S/C19H22N2O5S2/c1-13-9-11-21(12-10-13)28(24,25)17-8-7-16(27-17)18(22)20-15-6-4-3-5-14(15)19(23)26-2/h3-8,13H,9-12H2,1-2H3,(H,20,22). The highest BCUT2D eigenvalue weighted by atomic mass is 32.2. The van der Waals surface area contributed by atoms with E-state index in [-0.39, 0.29) is 14.6 Å². The fraction of sp³-hybridized carbons (Fsp3) is 0.368. The molecule has 7 nitrogen and oxygen atoms in total. The van der Waals surface area contributed by atoms with Gasteiger partial charge in [-0.15, -0.1) is 11.3 Å². The molecular formula is C19H22N2O5S2. The van der Waals surface area contributed by atoms with E-state index in [2.05, 4.69) is 12.2 Å². The van der Waals surface area contributed by atoms with Gasteiger partial charge in [-0.05, 0) is 43.0 Å². The van der Waals surface area contributed by atoms with E-state index in [1.165, 1.54) is 23.5 Å². The zero-order valence-electron chi connectivity index (χ0n) is 15.7. The first-order chi connectivity index (χ1) is 13.3. The summed E-state index contributed by atoms with van der Waals surface area (Å²) in [6.07, 6.45) is 1.67. The zero-order valence-corrected chi connectivity index (χ0v) is 17.3. The number of benzene rings is 1. The van der Waals surface area contributed by atoms with Crippen LogP contribution in [0.4, 0.5) is 5.69 Å². The van der Waals surface area contributed by atoms with Gasteiger partial charge in [0.15, 0.2) is 0 Å². The number of piperidine rings is 1. The van der Waals surface area contributed by atoms with Crippen LogP contribution in [0, 0.1) is 5.92 Å². The van der Waals surface area contributed by atoms with Crippen LogP contribution in [0.25, 0.3) is 0 Å². The van der Waals surface area contributed by atoms with E-state index in [4.69, 9.17) is 4.74 Å². The van der Waals surface area contributed by atoms with Gasteiger partial charge in [-0.1, -0.05) is 19.1 Å². The zero-order chi connectivity index (χ0) is 20.3. The highest BCUT2D eigenvalue weighted by Gasteiger charge is 2.30. The molecule has 1 aromatic carbocycles. The van der Waals surface area contributed by atoms with E-state index in [0.717, 1.165) is 24.2 Å². The van der Waals surface area contributed by atoms with Crippen molar-refractivity contribution in [1.82, 2.24) is 4.31 Å². The minimum absolute atomic E-state index is 0.147. The molecule has 2 aromatic rings. The summed E-state index contributed by atoms with van der Waals surface area (Å²) in [6, 6.07) is 9.42. The third-order valence-electron chi connectivity index (χ3n) is 4.72. The molecule has 0 radical (unpaired) electrons. The van der Waals surface area contributed by atoms with Crippen LogP contribution >= 0.6 is 11.3 Å². The van der Waals surface area contributed by atoms with Crippen molar-refractivity contribution in [3.05, 3.63) is 46.8 Å². The van der Waals surface area contributed by atoms with Crippen molar-refractivity contribution in [2.75, 3.05) is 25.5 Å². The number of anilines is 1. The first kappa shape index (κ1) is 20.5. The van der Waals surface area contributed by atoms with Gasteiger partial charge >= 0.3 is 5.97 Å². The number of amides is 1. The average molecular weight is 423 g/mol. The average Bonchev–Trinajstić information content (AvgIpc) is 3.19. The number of nitrogens with zero attached hydrogens (tertiary/aromatic N) is 1. The molecule has 0 unspecified atom stereocenters. The number of carbonyl (C=O) groups excluding carboxylic acids is 2. The van der Waals surface area contributed by atoms with E-state index in [9.17, 15) is 18.0 Å². The largest absolute Gasteiger partial charge is 0.465 e. The molecule has 9 heteroatoms. The predicted octanol–water partition coefficient (Wildman–Crippen LogP) is 3.21. The molecule has 0 saturated carbocycles. The van der Waals surface area contributed by atoms with Crippen LogP contribution in [0.1, 0.15) is 39.8 Å². The number of sulfonamides is 1. The highest BCUT2D eigenvalue weighted by molar-refractivity contribution is 7.91. The van der Waals surface area contributed by atoms with E-state index in [1.807, 2.05) is 0 Å². The van der Waals surface area contributed by atoms with Gasteiger partial charge in [0.1, 0.15) is 4.21 Å². The van der Waals surface area contributed by atoms with Crippen LogP contribution in [0.3, 0.4) is 0 Å². The monoisotopic (exact) mass is 422 g/mol. The number of hydrogen-bond acceptors (Lipinski definition) is 6. The number of thiophene rings is 1. The van der Waals surface area contributed by atoms with Crippen molar-refractivity contribution < 1.29 is 22.7 Å². The number of nitrogens with one attached hydrogen (secondary N) is 1. The summed E-state index contributed by atoms with van der Waals surface area (Å²) in [7, 11) is -2.34. The number of hydrogen-bond donors (Lipinski definition) is 1. The molecule has 1 saturated heterocycles. The van der Waals surface area contributed by atoms with Gasteiger partial charge in [0, 0.05) is 13.1 Å². The number of rotatable bonds is 5. The summed E-state index contributed by atoms with van der Waals surface area (Å²) < 4.78 is 32.0. The van der Waals surface area contributed by atoms with Crippen molar-refractivity contribution >= 4 is 38.9 Å². The first-order valence-corrected chi connectivity index (χ1v) is 11.2. The minimum atomic E-state index is -3.60. The third kappa shape index (κ3) is 4.26. The Kier molecular flexibility index (Phi) is 6.17. The van der Waals surface area contributed by atoms with Crippen molar-refractivity contribution in [2.45, 2.75) is 24.0 Å². The lowest BCUT2D eigenvalue weighted by atomic mass is 10.0. The van der Waals surface area contributed by atoms with Gasteiger partial charge in [0.25, 0.3) is 15.9 Å². The second-order valence-electron chi connectivity index (χ2n) is 6.70. The SMILES string of the molecule is COC(=O)c1ccccc1NC(=O)c1ccc(S(=O)(=O)N2CCC(C)CC2)s1. The van der Waals surface area contributed by atoms with E-state index in [0.29, 0.717) is 24.7 Å². The summed E-state index contributed by atoms with van der Waals surface area (Å²) in [4.78, 5) is 24.7. The van der Waals surface area contributed by atoms with E-state index < -0.39 is 21.9 Å². The third-order valence-corrected chi connectivity index (χ3v) is 8.17. The van der Waals surface area contributed by atoms with Crippen LogP contribution < -0.4 is 5.32 Å². The fourth-order valence-corrected chi connectivity index (χ4v) is 5.82. The summed E-state index contributed by atoms with van der Waals surface area (Å²) in [5.41, 5.74) is 0.535. The maximum absolute atomic E-state index is 12.8. The maximum atomic E-state index is 12.8. The number of methoxy groups -OCH3 is 1. The first-order valence-electron chi connectivity index (χ1n) is 8.91. The number of ether oxygens (including phenoxy) is 1. The van der Waals surface area contributed by atoms with Crippen LogP contribution in [-0.4, -0.2) is 44.8 Å². The van der Waals surface area contributed by atoms with E-state index >= 15 is 0 Å². The molecule has 1 fully saturated rings. The second kappa shape index (κ2) is 8.42. The molecule has 2 heterocycles. The molecule has 1 N–H and O–H groups in total. The quantitative estimate of drug-likeness (QED) is 0.747. The van der Waals surface area contributed by atoms with Crippen molar-refractivity contribution in [1.29, 1.82) is 0 Å². The smallest absolute Gasteiger partial charge is 0.339 e. The Morgan fingerprint density at radius 1 is 1.14 bits per heavy atom. The molecule has 150 valence electrons. The molecule has 0 bridgehead atoms. The molecule has 1 aliphatic rings. The topological polar surface area (TPSA) is 92.8 Å². The maximum Gasteiger partial charge on any atom is 0.339 e. The number of para-hydroxylation sites is 1. The Balaban J connectivity index is 1.77. The van der Waals surface area contributed by atoms with Gasteiger partial charge in [-0.2, -0.15) is 4.31 Å². The van der Waals surface area contributed by atoms with Gasteiger partial charge in [-0.3, -0.25) is 4.79 Å². The van der Waals surface area contributed by atoms with Crippen LogP contribution in [-0.2, 0) is 14.8 Å². The predicted molar refractivity (Wildman–Crippen MR) is 107 cm³/mol. The second-order valence-corrected chi connectivity index (χ2v) is 9.95. The summed E-state index contributed by atoms with van der Waals surface area (Å²) in [5, 5.41) is 2.65. The Morgan fingerprint density at radius 2 is 1.82 bits per heavy atom.